The Morgan fingerprint density at radius 2 is 2.16 bits per heavy atom. The predicted octanol–water partition coefficient (Wildman–Crippen LogP) is 3.41. The van der Waals surface area contributed by atoms with E-state index in [9.17, 15) is 4.79 Å². The molecule has 0 spiro atoms. The van der Waals surface area contributed by atoms with Gasteiger partial charge < -0.3 is 10.6 Å². The van der Waals surface area contributed by atoms with E-state index in [0.29, 0.717) is 18.0 Å². The second-order valence-electron chi connectivity index (χ2n) is 5.11. The predicted molar refractivity (Wildman–Crippen MR) is 84.1 cm³/mol. The number of halogens is 2. The van der Waals surface area contributed by atoms with Crippen molar-refractivity contribution in [1.29, 1.82) is 0 Å². The molecule has 0 saturated carbocycles. The molecule has 0 aromatic heterocycles. The lowest BCUT2D eigenvalue weighted by Gasteiger charge is -2.38. The first-order valence-electron chi connectivity index (χ1n) is 6.49. The molecule has 1 heterocycles. The number of hydrogen-bond donors (Lipinski definition) is 1. The van der Waals surface area contributed by atoms with Gasteiger partial charge in [0.2, 0.25) is 0 Å². The average molecular weight is 390 g/mol. The smallest absolute Gasteiger partial charge is 0.255 e. The first kappa shape index (κ1) is 15.0. The van der Waals surface area contributed by atoms with E-state index >= 15 is 0 Å². The van der Waals surface area contributed by atoms with Gasteiger partial charge in [-0.25, -0.2) is 0 Å². The fraction of sp³-hybridized carbons (Fsp3) is 0.500. The molecule has 0 radical (unpaired) electrons. The number of amides is 1. The third kappa shape index (κ3) is 3.38. The molecule has 1 aromatic carbocycles. The quantitative estimate of drug-likeness (QED) is 0.842. The number of carbonyl (C=O) groups is 1. The Balaban J connectivity index is 2.24. The maximum Gasteiger partial charge on any atom is 0.255 e. The Kier molecular flexibility index (Phi) is 5.03. The summed E-state index contributed by atoms with van der Waals surface area (Å²) in [6.45, 7) is 3.52. The summed E-state index contributed by atoms with van der Waals surface area (Å²) in [5.74, 6) is 0.505. The van der Waals surface area contributed by atoms with E-state index in [-0.39, 0.29) is 11.9 Å². The number of carbonyl (C=O) groups excluding carboxylic acids is 1. The van der Waals surface area contributed by atoms with Crippen molar-refractivity contribution < 1.29 is 4.79 Å². The number of hydrogen-bond acceptors (Lipinski definition) is 2. The number of nitrogens with two attached hydrogens (primary N) is 1. The molecule has 1 aliphatic rings. The van der Waals surface area contributed by atoms with Gasteiger partial charge in [0.25, 0.3) is 5.91 Å². The van der Waals surface area contributed by atoms with Crippen LogP contribution in [0.4, 0.5) is 0 Å². The Morgan fingerprint density at radius 1 is 1.42 bits per heavy atom. The monoisotopic (exact) mass is 388 g/mol. The summed E-state index contributed by atoms with van der Waals surface area (Å²) in [5, 5.41) is 0. The largest absolute Gasteiger partial charge is 0.336 e. The number of nitrogens with zero attached hydrogens (tertiary/aromatic N) is 1. The minimum Gasteiger partial charge on any atom is -0.336 e. The van der Waals surface area contributed by atoms with Crippen LogP contribution in [0, 0.1) is 5.92 Å². The Morgan fingerprint density at radius 3 is 2.84 bits per heavy atom. The molecule has 0 aliphatic carbocycles. The number of piperidine rings is 1. The standard InChI is InChI=1S/C14H18Br2N2O/c1-9-2-3-10(7-17)8-18(9)14(19)12-6-11(15)4-5-13(12)16/h4-6,9-10H,2-3,7-8,17H2,1H3. The maximum atomic E-state index is 12.7. The van der Waals surface area contributed by atoms with Crippen molar-refractivity contribution in [2.45, 2.75) is 25.8 Å². The summed E-state index contributed by atoms with van der Waals surface area (Å²) >= 11 is 6.87. The minimum absolute atomic E-state index is 0.0822. The highest BCUT2D eigenvalue weighted by atomic mass is 79.9. The number of likely N-dealkylation sites (tertiary alicyclic amines) is 1. The van der Waals surface area contributed by atoms with Crippen molar-refractivity contribution in [1.82, 2.24) is 4.90 Å². The van der Waals surface area contributed by atoms with E-state index in [2.05, 4.69) is 38.8 Å². The normalized spacial score (nSPS) is 23.5. The Labute approximate surface area is 130 Å². The van der Waals surface area contributed by atoms with Gasteiger partial charge in [-0.1, -0.05) is 15.9 Å². The summed E-state index contributed by atoms with van der Waals surface area (Å²) < 4.78 is 1.75. The van der Waals surface area contributed by atoms with Crippen molar-refractivity contribution in [3.05, 3.63) is 32.7 Å². The van der Waals surface area contributed by atoms with Gasteiger partial charge in [0, 0.05) is 21.5 Å². The highest BCUT2D eigenvalue weighted by molar-refractivity contribution is 9.11. The van der Waals surface area contributed by atoms with Gasteiger partial charge in [-0.3, -0.25) is 4.79 Å². The first-order valence-corrected chi connectivity index (χ1v) is 8.07. The molecule has 2 unspecified atom stereocenters. The van der Waals surface area contributed by atoms with Crippen LogP contribution in [-0.4, -0.2) is 29.9 Å². The SMILES string of the molecule is CC1CCC(CN)CN1C(=O)c1cc(Br)ccc1Br. The minimum atomic E-state index is 0.0822. The molecule has 1 fully saturated rings. The third-order valence-electron chi connectivity index (χ3n) is 3.73. The van der Waals surface area contributed by atoms with Crippen LogP contribution in [0.25, 0.3) is 0 Å². The van der Waals surface area contributed by atoms with Gasteiger partial charge in [-0.05, 0) is 66.4 Å². The van der Waals surface area contributed by atoms with Crippen molar-refractivity contribution in [3.8, 4) is 0 Å². The molecule has 1 aliphatic heterocycles. The highest BCUT2D eigenvalue weighted by Crippen LogP contribution is 2.27. The molecule has 1 amide bonds. The second-order valence-corrected chi connectivity index (χ2v) is 6.88. The fourth-order valence-electron chi connectivity index (χ4n) is 2.47. The van der Waals surface area contributed by atoms with Crippen molar-refractivity contribution >= 4 is 37.8 Å². The van der Waals surface area contributed by atoms with Gasteiger partial charge in [-0.2, -0.15) is 0 Å². The topological polar surface area (TPSA) is 46.3 Å². The lowest BCUT2D eigenvalue weighted by Crippen LogP contribution is -2.47. The lowest BCUT2D eigenvalue weighted by atomic mass is 9.93. The van der Waals surface area contributed by atoms with E-state index in [1.54, 1.807) is 0 Å². The van der Waals surface area contributed by atoms with Gasteiger partial charge >= 0.3 is 0 Å². The van der Waals surface area contributed by atoms with Gasteiger partial charge in [0.05, 0.1) is 5.56 Å². The van der Waals surface area contributed by atoms with Crippen LogP contribution in [0.1, 0.15) is 30.1 Å². The summed E-state index contributed by atoms with van der Waals surface area (Å²) in [5.41, 5.74) is 6.46. The van der Waals surface area contributed by atoms with Crippen molar-refractivity contribution in [3.63, 3.8) is 0 Å². The van der Waals surface area contributed by atoms with Crippen molar-refractivity contribution in [2.24, 2.45) is 11.7 Å². The molecule has 3 nitrogen and oxygen atoms in total. The molecule has 2 N–H and O–H groups in total. The molecular formula is C14H18Br2N2O. The van der Waals surface area contributed by atoms with E-state index in [0.717, 1.165) is 28.3 Å². The Bertz CT molecular complexity index is 479. The summed E-state index contributed by atoms with van der Waals surface area (Å²) in [7, 11) is 0. The van der Waals surface area contributed by atoms with Gasteiger partial charge in [0.15, 0.2) is 0 Å². The van der Waals surface area contributed by atoms with Crippen LogP contribution in [0.15, 0.2) is 27.1 Å². The van der Waals surface area contributed by atoms with Crippen LogP contribution in [-0.2, 0) is 0 Å². The van der Waals surface area contributed by atoms with E-state index < -0.39 is 0 Å². The molecule has 5 heteroatoms. The van der Waals surface area contributed by atoms with E-state index in [4.69, 9.17) is 5.73 Å². The summed E-state index contributed by atoms with van der Waals surface area (Å²) in [6.07, 6.45) is 2.14. The van der Waals surface area contributed by atoms with Gasteiger partial charge in [-0.15, -0.1) is 0 Å². The zero-order chi connectivity index (χ0) is 14.0. The third-order valence-corrected chi connectivity index (χ3v) is 4.92. The zero-order valence-corrected chi connectivity index (χ0v) is 14.1. The first-order chi connectivity index (χ1) is 9.02. The molecule has 19 heavy (non-hydrogen) atoms. The van der Waals surface area contributed by atoms with Gasteiger partial charge in [0.1, 0.15) is 0 Å². The molecule has 104 valence electrons. The van der Waals surface area contributed by atoms with E-state index in [1.807, 2.05) is 23.1 Å². The summed E-state index contributed by atoms with van der Waals surface area (Å²) in [4.78, 5) is 14.6. The fourth-order valence-corrected chi connectivity index (χ4v) is 3.25. The molecule has 1 aromatic rings. The van der Waals surface area contributed by atoms with Crippen LogP contribution in [0.5, 0.6) is 0 Å². The summed E-state index contributed by atoms with van der Waals surface area (Å²) in [6, 6.07) is 5.96. The van der Waals surface area contributed by atoms with Crippen LogP contribution in [0.3, 0.4) is 0 Å². The van der Waals surface area contributed by atoms with Crippen LogP contribution < -0.4 is 5.73 Å². The molecule has 1 saturated heterocycles. The second kappa shape index (κ2) is 6.37. The van der Waals surface area contributed by atoms with E-state index in [1.165, 1.54) is 0 Å². The maximum absolute atomic E-state index is 12.7. The average Bonchev–Trinajstić information content (AvgIpc) is 2.41. The molecule has 2 atom stereocenters. The van der Waals surface area contributed by atoms with Crippen LogP contribution in [0.2, 0.25) is 0 Å². The number of benzene rings is 1. The molecule has 2 rings (SSSR count). The number of rotatable bonds is 2. The lowest BCUT2D eigenvalue weighted by molar-refractivity contribution is 0.0566. The molecule has 0 bridgehead atoms. The van der Waals surface area contributed by atoms with Crippen LogP contribution >= 0.6 is 31.9 Å². The molecular weight excluding hydrogens is 372 g/mol. The highest BCUT2D eigenvalue weighted by Gasteiger charge is 2.29. The zero-order valence-electron chi connectivity index (χ0n) is 10.9. The Hall–Kier alpha value is -0.390. The van der Waals surface area contributed by atoms with Crippen molar-refractivity contribution in [2.75, 3.05) is 13.1 Å².